The summed E-state index contributed by atoms with van der Waals surface area (Å²) >= 11 is 0. The topological polar surface area (TPSA) is 21.3 Å². The van der Waals surface area contributed by atoms with Gasteiger partial charge in [0.2, 0.25) is 0 Å². The van der Waals surface area contributed by atoms with Gasteiger partial charge >= 0.3 is 0 Å². The van der Waals surface area contributed by atoms with Crippen LogP contribution in [-0.2, 0) is 0 Å². The van der Waals surface area contributed by atoms with Crippen molar-refractivity contribution in [3.05, 3.63) is 218 Å². The number of fused-ring (bicyclic) bond motifs is 9. The molecular weight excluding hydrogens is 717 g/mol. The smallest absolute Gasteiger partial charge is 0.159 e. The van der Waals surface area contributed by atoms with E-state index in [0.717, 1.165) is 50.3 Å². The van der Waals surface area contributed by atoms with Gasteiger partial charge in [-0.15, -0.1) is 0 Å². The lowest BCUT2D eigenvalue weighted by atomic mass is 9.98. The van der Waals surface area contributed by atoms with Gasteiger partial charge in [-0.3, -0.25) is 0 Å². The molecule has 0 aliphatic carbocycles. The number of aromatic nitrogens is 1. The van der Waals surface area contributed by atoms with Crippen LogP contribution < -0.4 is 4.90 Å². The van der Waals surface area contributed by atoms with E-state index in [2.05, 4.69) is 228 Å². The van der Waals surface area contributed by atoms with Crippen molar-refractivity contribution in [2.75, 3.05) is 4.90 Å². The van der Waals surface area contributed by atoms with Crippen LogP contribution in [0.1, 0.15) is 0 Å². The molecule has 2 aromatic heterocycles. The Labute approximate surface area is 341 Å². The molecule has 2 heterocycles. The Morgan fingerprint density at radius 1 is 0.373 bits per heavy atom. The van der Waals surface area contributed by atoms with Crippen LogP contribution in [0.2, 0.25) is 0 Å². The van der Waals surface area contributed by atoms with Gasteiger partial charge in [0.15, 0.2) is 5.58 Å². The Morgan fingerprint density at radius 2 is 1.02 bits per heavy atom. The van der Waals surface area contributed by atoms with Crippen LogP contribution in [0.3, 0.4) is 0 Å². The lowest BCUT2D eigenvalue weighted by Gasteiger charge is -2.26. The first-order valence-corrected chi connectivity index (χ1v) is 20.2. The van der Waals surface area contributed by atoms with E-state index in [9.17, 15) is 0 Å². The van der Waals surface area contributed by atoms with Crippen molar-refractivity contribution in [3.8, 4) is 27.9 Å². The van der Waals surface area contributed by atoms with Crippen molar-refractivity contribution in [2.24, 2.45) is 0 Å². The van der Waals surface area contributed by atoms with Crippen LogP contribution >= 0.6 is 0 Å². The van der Waals surface area contributed by atoms with Gasteiger partial charge in [-0.2, -0.15) is 0 Å². The summed E-state index contributed by atoms with van der Waals surface area (Å²) in [6, 6.07) is 78.6. The highest BCUT2D eigenvalue weighted by Gasteiger charge is 2.21. The highest BCUT2D eigenvalue weighted by Crippen LogP contribution is 2.45. The molecule has 0 aliphatic rings. The van der Waals surface area contributed by atoms with Crippen molar-refractivity contribution in [2.45, 2.75) is 0 Å². The average Bonchev–Trinajstić information content (AvgIpc) is 3.86. The second-order valence-corrected chi connectivity index (χ2v) is 15.3. The SMILES string of the molecule is c1ccc(-c2ccc3oc4c(N(c5ccc(-c6cccc7c6c6ccccc6n7-c6ccccc6)cc5)c5ccc6ccc7ccccc7c6c5)cccc4c3c2)cc1. The van der Waals surface area contributed by atoms with E-state index in [1.165, 1.54) is 60.0 Å². The minimum Gasteiger partial charge on any atom is -0.454 e. The first kappa shape index (κ1) is 33.3. The second-order valence-electron chi connectivity index (χ2n) is 15.3. The largest absolute Gasteiger partial charge is 0.454 e. The third-order valence-corrected chi connectivity index (χ3v) is 12.0. The first-order chi connectivity index (χ1) is 29.3. The number of rotatable bonds is 6. The number of hydrogen-bond donors (Lipinski definition) is 0. The molecule has 3 nitrogen and oxygen atoms in total. The molecular formula is C56H36N2O. The number of anilines is 3. The molecule has 0 unspecified atom stereocenters. The minimum absolute atomic E-state index is 0.855. The standard InChI is InChI=1S/C56H36N2O/c1-3-13-37(14-4-1)41-30-34-54-50(35-41)47-21-12-24-53(56(47)59-54)57(44-33-29-40-26-25-38-15-7-8-18-45(38)49(40)36-44)43-31-27-39(28-32-43)46-20-11-23-52-55(46)48-19-9-10-22-51(48)58(52)42-16-5-2-6-17-42/h1-36H. The van der Waals surface area contributed by atoms with E-state index in [0.29, 0.717) is 0 Å². The number of benzene rings is 10. The summed E-state index contributed by atoms with van der Waals surface area (Å²) in [6.45, 7) is 0. The molecule has 10 aromatic carbocycles. The molecule has 12 rings (SSSR count). The summed E-state index contributed by atoms with van der Waals surface area (Å²) in [7, 11) is 0. The summed E-state index contributed by atoms with van der Waals surface area (Å²) < 4.78 is 9.21. The van der Waals surface area contributed by atoms with Gasteiger partial charge < -0.3 is 13.9 Å². The molecule has 0 saturated heterocycles. The van der Waals surface area contributed by atoms with Crippen molar-refractivity contribution in [1.82, 2.24) is 4.57 Å². The number of hydrogen-bond acceptors (Lipinski definition) is 2. The number of furan rings is 1. The highest BCUT2D eigenvalue weighted by atomic mass is 16.3. The van der Waals surface area contributed by atoms with Gasteiger partial charge in [0.25, 0.3) is 0 Å². The summed E-state index contributed by atoms with van der Waals surface area (Å²) in [6.07, 6.45) is 0. The Morgan fingerprint density at radius 3 is 1.86 bits per heavy atom. The van der Waals surface area contributed by atoms with Crippen LogP contribution in [0.4, 0.5) is 17.1 Å². The number of para-hydroxylation sites is 3. The van der Waals surface area contributed by atoms with E-state index < -0.39 is 0 Å². The lowest BCUT2D eigenvalue weighted by molar-refractivity contribution is 0.669. The van der Waals surface area contributed by atoms with Crippen molar-refractivity contribution in [3.63, 3.8) is 0 Å². The molecule has 276 valence electrons. The maximum atomic E-state index is 6.83. The maximum Gasteiger partial charge on any atom is 0.159 e. The van der Waals surface area contributed by atoms with Crippen LogP contribution in [0.15, 0.2) is 223 Å². The molecule has 3 heteroatoms. The summed E-state index contributed by atoms with van der Waals surface area (Å²) in [5.74, 6) is 0. The minimum atomic E-state index is 0.855. The zero-order chi connectivity index (χ0) is 38.9. The Bertz CT molecular complexity index is 3540. The third kappa shape index (κ3) is 5.36. The quantitative estimate of drug-likeness (QED) is 0.158. The van der Waals surface area contributed by atoms with Gasteiger partial charge in [-0.25, -0.2) is 0 Å². The van der Waals surface area contributed by atoms with Gasteiger partial charge in [0, 0.05) is 38.6 Å². The summed E-state index contributed by atoms with van der Waals surface area (Å²) in [5, 5.41) is 9.57. The molecule has 0 atom stereocenters. The van der Waals surface area contributed by atoms with Crippen LogP contribution in [-0.4, -0.2) is 4.57 Å². The monoisotopic (exact) mass is 752 g/mol. The Kier molecular flexibility index (Phi) is 7.54. The van der Waals surface area contributed by atoms with Crippen molar-refractivity contribution >= 4 is 82.4 Å². The molecule has 0 aliphatic heterocycles. The molecule has 12 aromatic rings. The summed E-state index contributed by atoms with van der Waals surface area (Å²) in [4.78, 5) is 2.36. The van der Waals surface area contributed by atoms with E-state index in [1.54, 1.807) is 0 Å². The van der Waals surface area contributed by atoms with Crippen LogP contribution in [0.5, 0.6) is 0 Å². The normalized spacial score (nSPS) is 11.7. The summed E-state index contributed by atoms with van der Waals surface area (Å²) in [5.41, 5.74) is 13.1. The van der Waals surface area contributed by atoms with E-state index in [1.807, 2.05) is 0 Å². The molecule has 0 radical (unpaired) electrons. The highest BCUT2D eigenvalue weighted by molar-refractivity contribution is 6.16. The zero-order valence-corrected chi connectivity index (χ0v) is 32.1. The molecule has 59 heavy (non-hydrogen) atoms. The fourth-order valence-electron chi connectivity index (χ4n) is 9.23. The van der Waals surface area contributed by atoms with E-state index >= 15 is 0 Å². The van der Waals surface area contributed by atoms with Crippen LogP contribution in [0, 0.1) is 0 Å². The van der Waals surface area contributed by atoms with E-state index in [-0.39, 0.29) is 0 Å². The average molecular weight is 753 g/mol. The fraction of sp³-hybridized carbons (Fsp3) is 0. The maximum absolute atomic E-state index is 6.83. The lowest BCUT2D eigenvalue weighted by Crippen LogP contribution is -2.10. The third-order valence-electron chi connectivity index (χ3n) is 12.0. The zero-order valence-electron chi connectivity index (χ0n) is 32.1. The molecule has 0 N–H and O–H groups in total. The van der Waals surface area contributed by atoms with E-state index in [4.69, 9.17) is 4.42 Å². The van der Waals surface area contributed by atoms with Gasteiger partial charge in [-0.1, -0.05) is 152 Å². The molecule has 0 bridgehead atoms. The van der Waals surface area contributed by atoms with Crippen LogP contribution in [0.25, 0.3) is 93.2 Å². The predicted octanol–water partition coefficient (Wildman–Crippen LogP) is 15.8. The van der Waals surface area contributed by atoms with Gasteiger partial charge in [0.05, 0.1) is 16.7 Å². The molecule has 0 fully saturated rings. The van der Waals surface area contributed by atoms with Crippen molar-refractivity contribution in [1.29, 1.82) is 0 Å². The predicted molar refractivity (Wildman–Crippen MR) is 249 cm³/mol. The molecule has 0 amide bonds. The molecule has 0 saturated carbocycles. The van der Waals surface area contributed by atoms with Gasteiger partial charge in [-0.05, 0) is 111 Å². The Hall–Kier alpha value is -7.88. The van der Waals surface area contributed by atoms with Gasteiger partial charge in [0.1, 0.15) is 5.58 Å². The Balaban J connectivity index is 1.05. The molecule has 0 spiro atoms. The number of nitrogens with zero attached hydrogens (tertiary/aromatic N) is 2. The first-order valence-electron chi connectivity index (χ1n) is 20.2. The van der Waals surface area contributed by atoms with Crippen molar-refractivity contribution < 1.29 is 4.42 Å². The fourth-order valence-corrected chi connectivity index (χ4v) is 9.23. The second kappa shape index (κ2) is 13.4.